The first-order valence-electron chi connectivity index (χ1n) is 6.14. The molecule has 2 rings (SSSR count). The van der Waals surface area contributed by atoms with E-state index in [1.54, 1.807) is 6.20 Å². The van der Waals surface area contributed by atoms with Gasteiger partial charge in [0.05, 0.1) is 18.7 Å². The minimum absolute atomic E-state index is 0.121. The van der Waals surface area contributed by atoms with E-state index in [1.165, 1.54) is 0 Å². The monoisotopic (exact) mass is 259 g/mol. The van der Waals surface area contributed by atoms with Crippen LogP contribution in [0.2, 0.25) is 0 Å². The second-order valence-corrected chi connectivity index (χ2v) is 4.28. The molecule has 0 saturated heterocycles. The quantitative estimate of drug-likeness (QED) is 0.849. The van der Waals surface area contributed by atoms with Gasteiger partial charge in [0.25, 0.3) is 0 Å². The summed E-state index contributed by atoms with van der Waals surface area (Å²) in [5.74, 6) is 0.749. The van der Waals surface area contributed by atoms with Crippen LogP contribution in [0.15, 0.2) is 40.9 Å². The van der Waals surface area contributed by atoms with Crippen LogP contribution < -0.4 is 11.1 Å². The lowest BCUT2D eigenvalue weighted by Crippen LogP contribution is -2.33. The number of carbonyl (C=O) groups excluding carboxylic acids is 1. The van der Waals surface area contributed by atoms with Gasteiger partial charge >= 0.3 is 0 Å². The van der Waals surface area contributed by atoms with E-state index in [9.17, 15) is 4.79 Å². The van der Waals surface area contributed by atoms with E-state index in [2.05, 4.69) is 10.3 Å². The van der Waals surface area contributed by atoms with Gasteiger partial charge in [-0.3, -0.25) is 4.79 Å². The molecule has 1 aromatic carbocycles. The number of nitrogens with zero attached hydrogens (tertiary/aromatic N) is 1. The molecule has 1 unspecified atom stereocenters. The SMILES string of the molecule is Cc1cnc(CNC(=O)C(CN)c2ccccc2)o1. The van der Waals surface area contributed by atoms with E-state index in [4.69, 9.17) is 10.2 Å². The number of hydrogen-bond acceptors (Lipinski definition) is 4. The lowest BCUT2D eigenvalue weighted by molar-refractivity contribution is -0.122. The van der Waals surface area contributed by atoms with E-state index in [0.29, 0.717) is 5.89 Å². The lowest BCUT2D eigenvalue weighted by atomic mass is 9.98. The number of nitrogens with two attached hydrogens (primary N) is 1. The predicted octanol–water partition coefficient (Wildman–Crippen LogP) is 1.34. The van der Waals surface area contributed by atoms with Gasteiger partial charge in [0.1, 0.15) is 5.76 Å². The van der Waals surface area contributed by atoms with Gasteiger partial charge in [0, 0.05) is 6.54 Å². The van der Waals surface area contributed by atoms with E-state index >= 15 is 0 Å². The van der Waals surface area contributed by atoms with E-state index < -0.39 is 0 Å². The minimum atomic E-state index is -0.350. The fourth-order valence-corrected chi connectivity index (χ4v) is 1.85. The molecule has 0 aliphatic heterocycles. The zero-order chi connectivity index (χ0) is 13.7. The maximum Gasteiger partial charge on any atom is 0.229 e. The first kappa shape index (κ1) is 13.3. The molecular formula is C14H17N3O2. The molecule has 0 radical (unpaired) electrons. The van der Waals surface area contributed by atoms with Crippen LogP contribution in [0.3, 0.4) is 0 Å². The second kappa shape index (κ2) is 6.15. The highest BCUT2D eigenvalue weighted by Crippen LogP contribution is 2.14. The van der Waals surface area contributed by atoms with Crippen molar-refractivity contribution in [2.24, 2.45) is 5.73 Å². The molecule has 0 aliphatic carbocycles. The molecule has 100 valence electrons. The number of benzene rings is 1. The molecule has 1 atom stereocenters. The highest BCUT2D eigenvalue weighted by atomic mass is 16.4. The van der Waals surface area contributed by atoms with Crippen LogP contribution in [0.5, 0.6) is 0 Å². The standard InChI is InChI=1S/C14H17N3O2/c1-10-8-16-13(19-10)9-17-14(18)12(7-15)11-5-3-2-4-6-11/h2-6,8,12H,7,9,15H2,1H3,(H,17,18). The Morgan fingerprint density at radius 1 is 1.42 bits per heavy atom. The molecule has 1 amide bonds. The summed E-state index contributed by atoms with van der Waals surface area (Å²) in [5.41, 5.74) is 6.59. The van der Waals surface area contributed by atoms with Crippen molar-refractivity contribution < 1.29 is 9.21 Å². The molecule has 0 fully saturated rings. The predicted molar refractivity (Wildman–Crippen MR) is 71.3 cm³/mol. The topological polar surface area (TPSA) is 81.2 Å². The summed E-state index contributed by atoms with van der Waals surface area (Å²) < 4.78 is 5.30. The van der Waals surface area contributed by atoms with Crippen molar-refractivity contribution in [1.82, 2.24) is 10.3 Å². The zero-order valence-electron chi connectivity index (χ0n) is 10.8. The van der Waals surface area contributed by atoms with Crippen LogP contribution in [0.1, 0.15) is 23.1 Å². The number of amides is 1. The number of aromatic nitrogens is 1. The van der Waals surface area contributed by atoms with Gasteiger partial charge in [0.15, 0.2) is 0 Å². The molecule has 5 heteroatoms. The summed E-state index contributed by atoms with van der Waals surface area (Å²) in [6, 6.07) is 9.48. The van der Waals surface area contributed by atoms with Crippen molar-refractivity contribution in [1.29, 1.82) is 0 Å². The molecule has 1 aromatic heterocycles. The Labute approximate surface area is 111 Å². The fraction of sp³-hybridized carbons (Fsp3) is 0.286. The van der Waals surface area contributed by atoms with Crippen molar-refractivity contribution in [2.75, 3.05) is 6.54 Å². The van der Waals surface area contributed by atoms with Gasteiger partial charge in [-0.25, -0.2) is 4.98 Å². The summed E-state index contributed by atoms with van der Waals surface area (Å²) >= 11 is 0. The minimum Gasteiger partial charge on any atom is -0.444 e. The molecular weight excluding hydrogens is 242 g/mol. The molecule has 5 nitrogen and oxygen atoms in total. The molecule has 3 N–H and O–H groups in total. The molecule has 19 heavy (non-hydrogen) atoms. The Hall–Kier alpha value is -2.14. The Morgan fingerprint density at radius 3 is 2.74 bits per heavy atom. The highest BCUT2D eigenvalue weighted by molar-refractivity contribution is 5.83. The van der Waals surface area contributed by atoms with Gasteiger partial charge in [-0.15, -0.1) is 0 Å². The van der Waals surface area contributed by atoms with E-state index in [-0.39, 0.29) is 24.9 Å². The van der Waals surface area contributed by atoms with Crippen LogP contribution in [0, 0.1) is 6.92 Å². The number of aryl methyl sites for hydroxylation is 1. The number of hydrogen-bond donors (Lipinski definition) is 2. The van der Waals surface area contributed by atoms with Crippen LogP contribution in [-0.2, 0) is 11.3 Å². The molecule has 2 aromatic rings. The molecule has 0 spiro atoms. The Kier molecular flexibility index (Phi) is 4.30. The first-order chi connectivity index (χ1) is 9.20. The zero-order valence-corrected chi connectivity index (χ0v) is 10.8. The van der Waals surface area contributed by atoms with Crippen molar-refractivity contribution >= 4 is 5.91 Å². The summed E-state index contributed by atoms with van der Waals surface area (Å²) in [4.78, 5) is 16.1. The fourth-order valence-electron chi connectivity index (χ4n) is 1.85. The molecule has 0 saturated carbocycles. The summed E-state index contributed by atoms with van der Waals surface area (Å²) in [6.45, 7) is 2.35. The summed E-state index contributed by atoms with van der Waals surface area (Å²) in [6.07, 6.45) is 1.62. The van der Waals surface area contributed by atoms with Gasteiger partial charge < -0.3 is 15.5 Å². The third kappa shape index (κ3) is 3.42. The Balaban J connectivity index is 1.98. The van der Waals surface area contributed by atoms with Crippen molar-refractivity contribution in [3.63, 3.8) is 0 Å². The lowest BCUT2D eigenvalue weighted by Gasteiger charge is -2.14. The average Bonchev–Trinajstić information content (AvgIpc) is 2.84. The molecule has 1 heterocycles. The maximum absolute atomic E-state index is 12.1. The Bertz CT molecular complexity index is 537. The second-order valence-electron chi connectivity index (χ2n) is 4.28. The van der Waals surface area contributed by atoms with Gasteiger partial charge in [-0.1, -0.05) is 30.3 Å². The van der Waals surface area contributed by atoms with Crippen LogP contribution in [-0.4, -0.2) is 17.4 Å². The highest BCUT2D eigenvalue weighted by Gasteiger charge is 2.18. The summed E-state index contributed by atoms with van der Waals surface area (Å²) in [5, 5.41) is 2.79. The Morgan fingerprint density at radius 2 is 2.16 bits per heavy atom. The number of carbonyl (C=O) groups is 1. The number of rotatable bonds is 5. The van der Waals surface area contributed by atoms with Gasteiger partial charge in [0.2, 0.25) is 11.8 Å². The number of oxazole rings is 1. The first-order valence-corrected chi connectivity index (χ1v) is 6.14. The van der Waals surface area contributed by atoms with Crippen molar-refractivity contribution in [3.8, 4) is 0 Å². The van der Waals surface area contributed by atoms with E-state index in [1.807, 2.05) is 37.3 Å². The summed E-state index contributed by atoms with van der Waals surface area (Å²) in [7, 11) is 0. The number of nitrogens with one attached hydrogen (secondary N) is 1. The largest absolute Gasteiger partial charge is 0.444 e. The van der Waals surface area contributed by atoms with Crippen molar-refractivity contribution in [2.45, 2.75) is 19.4 Å². The van der Waals surface area contributed by atoms with Crippen LogP contribution in [0.25, 0.3) is 0 Å². The maximum atomic E-state index is 12.1. The van der Waals surface area contributed by atoms with Crippen LogP contribution in [0.4, 0.5) is 0 Å². The van der Waals surface area contributed by atoms with Gasteiger partial charge in [-0.05, 0) is 12.5 Å². The van der Waals surface area contributed by atoms with Crippen LogP contribution >= 0.6 is 0 Å². The average molecular weight is 259 g/mol. The molecule has 0 aliphatic rings. The van der Waals surface area contributed by atoms with E-state index in [0.717, 1.165) is 11.3 Å². The van der Waals surface area contributed by atoms with Gasteiger partial charge in [-0.2, -0.15) is 0 Å². The third-order valence-electron chi connectivity index (χ3n) is 2.84. The molecule has 0 bridgehead atoms. The third-order valence-corrected chi connectivity index (χ3v) is 2.84. The van der Waals surface area contributed by atoms with Crippen molar-refractivity contribution in [3.05, 3.63) is 53.7 Å². The normalized spacial score (nSPS) is 12.1. The smallest absolute Gasteiger partial charge is 0.229 e.